The van der Waals surface area contributed by atoms with Crippen LogP contribution < -0.4 is 5.32 Å². The minimum absolute atomic E-state index is 0.00599. The Balaban J connectivity index is 1.87. The molecule has 1 amide bonds. The van der Waals surface area contributed by atoms with Gasteiger partial charge in [0.2, 0.25) is 5.91 Å². The average Bonchev–Trinajstić information content (AvgIpc) is 0.992. The van der Waals surface area contributed by atoms with Crippen LogP contribution in [-0.2, 0) is 23.8 Å². The van der Waals surface area contributed by atoms with Gasteiger partial charge in [-0.1, -0.05) is 326 Å². The van der Waals surface area contributed by atoms with Crippen molar-refractivity contribution in [2.45, 2.75) is 423 Å². The summed E-state index contributed by atoms with van der Waals surface area (Å²) in [4.78, 5) is 25.2. The second kappa shape index (κ2) is 68.0. The molecular weight excluding hydrogens is 1120 g/mol. The Morgan fingerprint density at radius 3 is 1.16 bits per heavy atom. The summed E-state index contributed by atoms with van der Waals surface area (Å²) in [5.74, 6) is -0.172. The van der Waals surface area contributed by atoms with E-state index in [1.165, 1.54) is 289 Å². The van der Waals surface area contributed by atoms with Gasteiger partial charge < -0.3 is 45.1 Å². The maximum absolute atomic E-state index is 13.0. The van der Waals surface area contributed by atoms with Gasteiger partial charge in [0.15, 0.2) is 6.29 Å². The predicted molar refractivity (Wildman–Crippen MR) is 380 cm³/mol. The number of nitrogens with one attached hydrogen (secondary N) is 1. The molecule has 11 nitrogen and oxygen atoms in total. The monoisotopic (exact) mass is 1270 g/mol. The minimum atomic E-state index is -1.57. The molecule has 0 radical (unpaired) electrons. The van der Waals surface area contributed by atoms with E-state index >= 15 is 0 Å². The lowest BCUT2D eigenvalue weighted by atomic mass is 9.99. The van der Waals surface area contributed by atoms with Gasteiger partial charge in [0.1, 0.15) is 24.4 Å². The van der Waals surface area contributed by atoms with Crippen LogP contribution in [0.15, 0.2) is 48.6 Å². The SMILES string of the molecule is CCCCC/C=C\C/C=C\CCCCCCCCCC(=O)OCCCCCCCCCCCCCCCC/C=C\CCCCCCCCCCCCCCCCCCCC(=O)NC(COC1OC(CO)C(O)C(O)C1O)C(O)/C=C/CCCCCCCCCC. The minimum Gasteiger partial charge on any atom is -0.466 e. The number of hydrogen-bond donors (Lipinski definition) is 6. The highest BCUT2D eigenvalue weighted by Gasteiger charge is 2.44. The zero-order valence-corrected chi connectivity index (χ0v) is 58.9. The van der Waals surface area contributed by atoms with Crippen LogP contribution in [0.3, 0.4) is 0 Å². The van der Waals surface area contributed by atoms with Crippen molar-refractivity contribution in [1.29, 1.82) is 0 Å². The molecule has 90 heavy (non-hydrogen) atoms. The molecule has 1 aliphatic rings. The normalized spacial score (nSPS) is 17.9. The fourth-order valence-electron chi connectivity index (χ4n) is 12.3. The van der Waals surface area contributed by atoms with Crippen LogP contribution in [0.2, 0.25) is 0 Å². The molecular formula is C79H147NO10. The maximum atomic E-state index is 13.0. The van der Waals surface area contributed by atoms with Gasteiger partial charge in [0, 0.05) is 12.8 Å². The second-order valence-electron chi connectivity index (χ2n) is 27.1. The molecule has 0 aliphatic carbocycles. The number of allylic oxidation sites excluding steroid dienone is 7. The average molecular weight is 1270 g/mol. The maximum Gasteiger partial charge on any atom is 0.305 e. The first-order valence-corrected chi connectivity index (χ1v) is 38.9. The van der Waals surface area contributed by atoms with Crippen molar-refractivity contribution in [3.63, 3.8) is 0 Å². The number of esters is 1. The summed E-state index contributed by atoms with van der Waals surface area (Å²) in [5, 5.41) is 54.4. The van der Waals surface area contributed by atoms with Crippen molar-refractivity contribution < 1.29 is 49.3 Å². The highest BCUT2D eigenvalue weighted by molar-refractivity contribution is 5.76. The standard InChI is InChI=1S/C79H147NO10/c1-3-5-7-9-11-13-15-16-17-37-41-44-47-51-55-59-63-67-75(84)88-68-64-60-56-52-48-45-42-39-36-34-32-30-28-26-24-22-20-18-19-21-23-25-27-29-31-33-35-38-40-43-46-50-54-58-62-66-74(83)80-71(70-89-79-78(87)77(86)76(85)73(69-81)90-79)72(82)65-61-57-53-49-14-12-10-8-6-4-2/h11,13,16-17,20,22,61,65,71-73,76-79,81-82,85-87H,3-10,12,14-15,18-19,21,23-60,62-64,66-70H2,1-2H3,(H,80,83)/b13-11-,17-16-,22-20-,65-61+. The van der Waals surface area contributed by atoms with Crippen molar-refractivity contribution >= 4 is 11.9 Å². The molecule has 6 N–H and O–H groups in total. The van der Waals surface area contributed by atoms with E-state index in [1.54, 1.807) is 6.08 Å². The first kappa shape index (κ1) is 85.6. The van der Waals surface area contributed by atoms with Crippen molar-refractivity contribution in [1.82, 2.24) is 5.32 Å². The topological polar surface area (TPSA) is 175 Å². The number of unbranched alkanes of at least 4 members (excludes halogenated alkanes) is 49. The molecule has 0 bridgehead atoms. The van der Waals surface area contributed by atoms with E-state index in [0.717, 1.165) is 64.2 Å². The van der Waals surface area contributed by atoms with Gasteiger partial charge in [-0.2, -0.15) is 0 Å². The highest BCUT2D eigenvalue weighted by atomic mass is 16.7. The molecule has 0 aromatic carbocycles. The Hall–Kier alpha value is -2.38. The van der Waals surface area contributed by atoms with E-state index in [4.69, 9.17) is 14.2 Å². The molecule has 11 heteroatoms. The molecule has 1 rings (SSSR count). The molecule has 0 spiro atoms. The molecule has 1 heterocycles. The fourth-order valence-corrected chi connectivity index (χ4v) is 12.3. The molecule has 0 aromatic rings. The lowest BCUT2D eigenvalue weighted by Gasteiger charge is -2.40. The zero-order chi connectivity index (χ0) is 65.1. The molecule has 1 saturated heterocycles. The summed E-state index contributed by atoms with van der Waals surface area (Å²) in [5.41, 5.74) is 0. The van der Waals surface area contributed by atoms with Crippen molar-refractivity contribution in [2.24, 2.45) is 0 Å². The largest absolute Gasteiger partial charge is 0.466 e. The first-order valence-electron chi connectivity index (χ1n) is 38.9. The number of aliphatic hydroxyl groups excluding tert-OH is 5. The zero-order valence-electron chi connectivity index (χ0n) is 58.9. The third kappa shape index (κ3) is 56.0. The molecule has 7 unspecified atom stereocenters. The lowest BCUT2D eigenvalue weighted by molar-refractivity contribution is -0.302. The Morgan fingerprint density at radius 1 is 0.411 bits per heavy atom. The molecule has 0 saturated carbocycles. The summed E-state index contributed by atoms with van der Waals surface area (Å²) >= 11 is 0. The van der Waals surface area contributed by atoms with Crippen molar-refractivity contribution in [3.05, 3.63) is 48.6 Å². The molecule has 1 fully saturated rings. The van der Waals surface area contributed by atoms with Crippen molar-refractivity contribution in [2.75, 3.05) is 19.8 Å². The quantitative estimate of drug-likeness (QED) is 0.0195. The van der Waals surface area contributed by atoms with Gasteiger partial charge in [-0.15, -0.1) is 0 Å². The molecule has 0 aromatic heterocycles. The Bertz CT molecular complexity index is 1630. The van der Waals surface area contributed by atoms with Gasteiger partial charge in [-0.05, 0) is 89.9 Å². The second-order valence-corrected chi connectivity index (χ2v) is 27.1. The van der Waals surface area contributed by atoms with E-state index < -0.39 is 49.5 Å². The van der Waals surface area contributed by atoms with Crippen LogP contribution in [-0.4, -0.2) is 100 Å². The number of carbonyl (C=O) groups is 2. The van der Waals surface area contributed by atoms with E-state index in [2.05, 4.69) is 55.6 Å². The number of carbonyl (C=O) groups excluding carboxylic acids is 2. The fraction of sp³-hybridized carbons (Fsp3) is 0.873. The summed E-state index contributed by atoms with van der Waals surface area (Å²) < 4.78 is 16.7. The van der Waals surface area contributed by atoms with E-state index in [-0.39, 0.29) is 18.5 Å². The van der Waals surface area contributed by atoms with Crippen LogP contribution in [0.1, 0.15) is 380 Å². The number of ether oxygens (including phenoxy) is 3. The Morgan fingerprint density at radius 2 is 0.744 bits per heavy atom. The van der Waals surface area contributed by atoms with Gasteiger partial charge >= 0.3 is 5.97 Å². The smallest absolute Gasteiger partial charge is 0.305 e. The third-order valence-corrected chi connectivity index (χ3v) is 18.4. The van der Waals surface area contributed by atoms with Gasteiger partial charge in [-0.25, -0.2) is 0 Å². The van der Waals surface area contributed by atoms with Crippen LogP contribution >= 0.6 is 0 Å². The van der Waals surface area contributed by atoms with Crippen LogP contribution in [0, 0.1) is 0 Å². The number of amides is 1. The molecule has 528 valence electrons. The summed E-state index contributed by atoms with van der Waals surface area (Å²) in [6.07, 6.45) is 80.0. The third-order valence-electron chi connectivity index (χ3n) is 18.4. The van der Waals surface area contributed by atoms with E-state index in [0.29, 0.717) is 19.4 Å². The van der Waals surface area contributed by atoms with Crippen LogP contribution in [0.5, 0.6) is 0 Å². The number of aliphatic hydroxyl groups is 5. The van der Waals surface area contributed by atoms with Crippen molar-refractivity contribution in [3.8, 4) is 0 Å². The van der Waals surface area contributed by atoms with Gasteiger partial charge in [0.25, 0.3) is 0 Å². The Kier molecular flexibility index (Phi) is 64.7. The van der Waals surface area contributed by atoms with Crippen LogP contribution in [0.4, 0.5) is 0 Å². The van der Waals surface area contributed by atoms with E-state index in [9.17, 15) is 35.1 Å². The Labute approximate surface area is 555 Å². The first-order chi connectivity index (χ1) is 44.2. The highest BCUT2D eigenvalue weighted by Crippen LogP contribution is 2.24. The number of hydrogen-bond acceptors (Lipinski definition) is 10. The molecule has 1 aliphatic heterocycles. The predicted octanol–water partition coefficient (Wildman–Crippen LogP) is 20.7. The summed E-state index contributed by atoms with van der Waals surface area (Å²) in [6.45, 7) is 4.34. The summed E-state index contributed by atoms with van der Waals surface area (Å²) in [6, 6.07) is -0.806. The van der Waals surface area contributed by atoms with Gasteiger partial charge in [0.05, 0.1) is 32.0 Å². The van der Waals surface area contributed by atoms with Crippen LogP contribution in [0.25, 0.3) is 0 Å². The lowest BCUT2D eigenvalue weighted by Crippen LogP contribution is -2.60. The van der Waals surface area contributed by atoms with E-state index in [1.807, 2.05) is 6.08 Å². The van der Waals surface area contributed by atoms with Gasteiger partial charge in [-0.3, -0.25) is 9.59 Å². The number of rotatable bonds is 69. The molecule has 7 atom stereocenters. The summed E-state index contributed by atoms with van der Waals surface area (Å²) in [7, 11) is 0.